The highest BCUT2D eigenvalue weighted by molar-refractivity contribution is 5.76. The molecule has 1 fully saturated rings. The van der Waals surface area contributed by atoms with E-state index in [4.69, 9.17) is 9.47 Å². The molecule has 130 valence electrons. The second-order valence-corrected chi connectivity index (χ2v) is 7.14. The molecular formula is C20H26O4. The Kier molecular flexibility index (Phi) is 4.66. The van der Waals surface area contributed by atoms with Crippen molar-refractivity contribution >= 4 is 11.9 Å². The van der Waals surface area contributed by atoms with Crippen molar-refractivity contribution in [2.75, 3.05) is 0 Å². The molecular weight excluding hydrogens is 304 g/mol. The first-order chi connectivity index (χ1) is 11.4. The fraction of sp³-hybridized carbons (Fsp3) is 0.600. The monoisotopic (exact) mass is 330 g/mol. The van der Waals surface area contributed by atoms with E-state index in [2.05, 4.69) is 6.92 Å². The molecule has 0 amide bonds. The highest BCUT2D eigenvalue weighted by atomic mass is 16.6. The van der Waals surface area contributed by atoms with Crippen LogP contribution in [0, 0.1) is 25.7 Å². The van der Waals surface area contributed by atoms with Gasteiger partial charge in [0.25, 0.3) is 0 Å². The van der Waals surface area contributed by atoms with Crippen LogP contribution in [-0.4, -0.2) is 11.9 Å². The fourth-order valence-corrected chi connectivity index (χ4v) is 4.02. The molecule has 1 aromatic rings. The topological polar surface area (TPSA) is 52.6 Å². The lowest BCUT2D eigenvalue weighted by Crippen LogP contribution is -2.23. The SMILES string of the molecule is CCCCC(=O)Oc1cc(C)c2c(c1C)[C@@H]1OC(=O)[C@@H](C)[C@@H]1CC2. The highest BCUT2D eigenvalue weighted by Crippen LogP contribution is 2.49. The first kappa shape index (κ1) is 17.0. The summed E-state index contributed by atoms with van der Waals surface area (Å²) in [6.45, 7) is 8.02. The zero-order valence-corrected chi connectivity index (χ0v) is 15.0. The molecule has 1 aromatic carbocycles. The van der Waals surface area contributed by atoms with E-state index in [1.807, 2.05) is 26.8 Å². The minimum atomic E-state index is -0.191. The van der Waals surface area contributed by atoms with Crippen LogP contribution in [0.4, 0.5) is 0 Å². The molecule has 1 aliphatic heterocycles. The van der Waals surface area contributed by atoms with Crippen LogP contribution in [0.25, 0.3) is 0 Å². The largest absolute Gasteiger partial charge is 0.457 e. The quantitative estimate of drug-likeness (QED) is 0.613. The molecule has 0 radical (unpaired) electrons. The van der Waals surface area contributed by atoms with E-state index < -0.39 is 0 Å². The number of aryl methyl sites for hydroxylation is 1. The summed E-state index contributed by atoms with van der Waals surface area (Å²) in [5, 5.41) is 0. The Morgan fingerprint density at radius 1 is 1.38 bits per heavy atom. The Hall–Kier alpha value is -1.84. The maximum absolute atomic E-state index is 12.0. The summed E-state index contributed by atoms with van der Waals surface area (Å²) < 4.78 is 11.3. The van der Waals surface area contributed by atoms with Gasteiger partial charge in [-0.05, 0) is 55.9 Å². The van der Waals surface area contributed by atoms with Gasteiger partial charge in [0, 0.05) is 17.9 Å². The molecule has 0 bridgehead atoms. The van der Waals surface area contributed by atoms with Crippen LogP contribution in [0.1, 0.15) is 67.9 Å². The summed E-state index contributed by atoms with van der Waals surface area (Å²) in [7, 11) is 0. The first-order valence-electron chi connectivity index (χ1n) is 8.98. The normalized spacial score (nSPS) is 25.0. The van der Waals surface area contributed by atoms with Gasteiger partial charge in [0.05, 0.1) is 5.92 Å². The summed E-state index contributed by atoms with van der Waals surface area (Å²) in [4.78, 5) is 24.0. The van der Waals surface area contributed by atoms with Gasteiger partial charge in [-0.3, -0.25) is 9.59 Å². The average molecular weight is 330 g/mol. The number of esters is 2. The van der Waals surface area contributed by atoms with Crippen molar-refractivity contribution in [1.82, 2.24) is 0 Å². The molecule has 1 heterocycles. The summed E-state index contributed by atoms with van der Waals surface area (Å²) in [6.07, 6.45) is 3.97. The van der Waals surface area contributed by atoms with E-state index >= 15 is 0 Å². The molecule has 0 unspecified atom stereocenters. The fourth-order valence-electron chi connectivity index (χ4n) is 4.02. The molecule has 1 saturated heterocycles. The maximum Gasteiger partial charge on any atom is 0.311 e. The van der Waals surface area contributed by atoms with Gasteiger partial charge < -0.3 is 9.47 Å². The van der Waals surface area contributed by atoms with Crippen molar-refractivity contribution < 1.29 is 19.1 Å². The Balaban J connectivity index is 1.95. The lowest BCUT2D eigenvalue weighted by Gasteiger charge is -2.31. The molecule has 4 nitrogen and oxygen atoms in total. The third-order valence-corrected chi connectivity index (χ3v) is 5.54. The standard InChI is InChI=1S/C20H26O4/c1-5-6-7-17(21)23-16-10-11(2)14-8-9-15-12(3)20(22)24-19(15)18(14)13(16)4/h10,12,15,19H,5-9H2,1-4H3/t12-,15-,19+/m0/s1. The molecule has 0 spiro atoms. The molecule has 3 atom stereocenters. The summed E-state index contributed by atoms with van der Waals surface area (Å²) in [6, 6.07) is 1.96. The third kappa shape index (κ3) is 2.83. The third-order valence-electron chi connectivity index (χ3n) is 5.54. The summed E-state index contributed by atoms with van der Waals surface area (Å²) in [5.74, 6) is 0.486. The Bertz CT molecular complexity index is 677. The molecule has 2 aliphatic rings. The smallest absolute Gasteiger partial charge is 0.311 e. The summed E-state index contributed by atoms with van der Waals surface area (Å²) >= 11 is 0. The molecule has 0 aromatic heterocycles. The Morgan fingerprint density at radius 3 is 2.83 bits per heavy atom. The van der Waals surface area contributed by atoms with Gasteiger partial charge in [-0.2, -0.15) is 0 Å². The molecule has 1 aliphatic carbocycles. The van der Waals surface area contributed by atoms with Gasteiger partial charge in [0.2, 0.25) is 0 Å². The average Bonchev–Trinajstić information content (AvgIpc) is 2.84. The number of hydrogen-bond donors (Lipinski definition) is 0. The second-order valence-electron chi connectivity index (χ2n) is 7.14. The lowest BCUT2D eigenvalue weighted by atomic mass is 9.74. The van der Waals surface area contributed by atoms with Gasteiger partial charge in [-0.25, -0.2) is 0 Å². The predicted molar refractivity (Wildman–Crippen MR) is 90.9 cm³/mol. The van der Waals surface area contributed by atoms with Gasteiger partial charge in [0.15, 0.2) is 0 Å². The van der Waals surface area contributed by atoms with Crippen LogP contribution in [0.3, 0.4) is 0 Å². The van der Waals surface area contributed by atoms with E-state index in [1.54, 1.807) is 0 Å². The van der Waals surface area contributed by atoms with Crippen LogP contribution in [0.15, 0.2) is 6.07 Å². The van der Waals surface area contributed by atoms with Crippen molar-refractivity contribution in [3.63, 3.8) is 0 Å². The van der Waals surface area contributed by atoms with Crippen LogP contribution >= 0.6 is 0 Å². The lowest BCUT2D eigenvalue weighted by molar-refractivity contribution is -0.144. The first-order valence-corrected chi connectivity index (χ1v) is 8.98. The number of carbonyl (C=O) groups excluding carboxylic acids is 2. The number of rotatable bonds is 4. The van der Waals surface area contributed by atoms with Crippen LogP contribution in [-0.2, 0) is 20.7 Å². The van der Waals surface area contributed by atoms with Crippen molar-refractivity contribution in [3.8, 4) is 5.75 Å². The van der Waals surface area contributed by atoms with E-state index in [-0.39, 0.29) is 29.9 Å². The maximum atomic E-state index is 12.0. The van der Waals surface area contributed by atoms with E-state index in [9.17, 15) is 9.59 Å². The van der Waals surface area contributed by atoms with Crippen molar-refractivity contribution in [3.05, 3.63) is 28.3 Å². The van der Waals surface area contributed by atoms with Crippen LogP contribution < -0.4 is 4.74 Å². The van der Waals surface area contributed by atoms with E-state index in [0.29, 0.717) is 12.2 Å². The van der Waals surface area contributed by atoms with Crippen LogP contribution in [0.5, 0.6) is 5.75 Å². The number of unbranched alkanes of at least 4 members (excludes halogenated alkanes) is 1. The predicted octanol–water partition coefficient (Wildman–Crippen LogP) is 4.20. The highest BCUT2D eigenvalue weighted by Gasteiger charge is 2.46. The zero-order chi connectivity index (χ0) is 17.4. The van der Waals surface area contributed by atoms with E-state index in [0.717, 1.165) is 42.4 Å². The molecule has 4 heteroatoms. The van der Waals surface area contributed by atoms with E-state index in [1.165, 1.54) is 5.56 Å². The van der Waals surface area contributed by atoms with Crippen molar-refractivity contribution in [2.45, 2.75) is 65.9 Å². The molecule has 0 saturated carbocycles. The minimum absolute atomic E-state index is 0.0568. The summed E-state index contributed by atoms with van der Waals surface area (Å²) in [5.41, 5.74) is 4.38. The van der Waals surface area contributed by atoms with Gasteiger partial charge >= 0.3 is 11.9 Å². The number of benzene rings is 1. The molecule has 0 N–H and O–H groups in total. The Labute approximate surface area is 143 Å². The van der Waals surface area contributed by atoms with Gasteiger partial charge in [-0.15, -0.1) is 0 Å². The molecule has 24 heavy (non-hydrogen) atoms. The number of hydrogen-bond acceptors (Lipinski definition) is 4. The minimum Gasteiger partial charge on any atom is -0.457 e. The molecule has 3 rings (SSSR count). The number of carbonyl (C=O) groups is 2. The number of ether oxygens (including phenoxy) is 2. The Morgan fingerprint density at radius 2 is 2.12 bits per heavy atom. The van der Waals surface area contributed by atoms with Gasteiger partial charge in [-0.1, -0.05) is 20.3 Å². The van der Waals surface area contributed by atoms with Crippen LogP contribution in [0.2, 0.25) is 0 Å². The second kappa shape index (κ2) is 6.58. The zero-order valence-electron chi connectivity index (χ0n) is 15.0. The van der Waals surface area contributed by atoms with Crippen molar-refractivity contribution in [1.29, 1.82) is 0 Å². The van der Waals surface area contributed by atoms with Crippen molar-refractivity contribution in [2.24, 2.45) is 11.8 Å². The number of fused-ring (bicyclic) bond motifs is 3. The van der Waals surface area contributed by atoms with Gasteiger partial charge in [0.1, 0.15) is 11.9 Å².